The zero-order chi connectivity index (χ0) is 13.8. The van der Waals surface area contributed by atoms with Crippen LogP contribution < -0.4 is 0 Å². The Bertz CT molecular complexity index is 459. The van der Waals surface area contributed by atoms with Crippen LogP contribution in [0.5, 0.6) is 0 Å². The molecular weight excluding hydrogens is 330 g/mol. The Morgan fingerprint density at radius 1 is 1.47 bits per heavy atom. The Morgan fingerprint density at radius 3 is 2.79 bits per heavy atom. The molecule has 1 aromatic carbocycles. The maximum absolute atomic E-state index is 12.4. The molecule has 0 spiro atoms. The molecule has 0 bridgehead atoms. The molecule has 0 unspecified atom stereocenters. The molecule has 104 valence electrons. The van der Waals surface area contributed by atoms with Crippen LogP contribution in [-0.4, -0.2) is 37.6 Å². The number of hydrogen-bond acceptors (Lipinski definition) is 2. The number of rotatable bonds is 3. The van der Waals surface area contributed by atoms with Crippen LogP contribution in [0.2, 0.25) is 5.02 Å². The highest BCUT2D eigenvalue weighted by Crippen LogP contribution is 2.25. The Kier molecular flexibility index (Phi) is 5.25. The SMILES string of the molecule is COCC1CCN(C(=O)c2cc(Br)ccc2Cl)CC1. The van der Waals surface area contributed by atoms with Gasteiger partial charge in [-0.15, -0.1) is 0 Å². The van der Waals surface area contributed by atoms with E-state index in [1.807, 2.05) is 11.0 Å². The summed E-state index contributed by atoms with van der Waals surface area (Å²) < 4.78 is 6.04. The number of hydrogen-bond donors (Lipinski definition) is 0. The van der Waals surface area contributed by atoms with Crippen LogP contribution in [0.4, 0.5) is 0 Å². The van der Waals surface area contributed by atoms with E-state index in [4.69, 9.17) is 16.3 Å². The molecule has 1 aliphatic heterocycles. The highest BCUT2D eigenvalue weighted by molar-refractivity contribution is 9.10. The number of nitrogens with zero attached hydrogens (tertiary/aromatic N) is 1. The largest absolute Gasteiger partial charge is 0.384 e. The van der Waals surface area contributed by atoms with Crippen LogP contribution in [0, 0.1) is 5.92 Å². The van der Waals surface area contributed by atoms with Gasteiger partial charge in [-0.1, -0.05) is 27.5 Å². The Labute approximate surface area is 127 Å². The monoisotopic (exact) mass is 345 g/mol. The zero-order valence-electron chi connectivity index (χ0n) is 10.9. The maximum Gasteiger partial charge on any atom is 0.255 e. The van der Waals surface area contributed by atoms with Gasteiger partial charge in [0.25, 0.3) is 5.91 Å². The predicted molar refractivity (Wildman–Crippen MR) is 79.7 cm³/mol. The van der Waals surface area contributed by atoms with E-state index in [1.165, 1.54) is 0 Å². The molecule has 0 radical (unpaired) electrons. The molecule has 19 heavy (non-hydrogen) atoms. The number of ether oxygens (including phenoxy) is 1. The molecule has 0 atom stereocenters. The summed E-state index contributed by atoms with van der Waals surface area (Å²) in [7, 11) is 1.72. The lowest BCUT2D eigenvalue weighted by molar-refractivity contribution is 0.0613. The summed E-state index contributed by atoms with van der Waals surface area (Å²) in [6, 6.07) is 5.37. The van der Waals surface area contributed by atoms with Crippen LogP contribution in [0.25, 0.3) is 0 Å². The second-order valence-electron chi connectivity index (χ2n) is 4.82. The molecule has 1 heterocycles. The lowest BCUT2D eigenvalue weighted by Crippen LogP contribution is -2.39. The van der Waals surface area contributed by atoms with E-state index in [-0.39, 0.29) is 5.91 Å². The van der Waals surface area contributed by atoms with Gasteiger partial charge in [-0.05, 0) is 37.0 Å². The van der Waals surface area contributed by atoms with Crippen molar-refractivity contribution in [3.63, 3.8) is 0 Å². The summed E-state index contributed by atoms with van der Waals surface area (Å²) >= 11 is 9.47. The van der Waals surface area contributed by atoms with Crippen LogP contribution in [0.1, 0.15) is 23.2 Å². The number of halogens is 2. The van der Waals surface area contributed by atoms with E-state index in [9.17, 15) is 4.79 Å². The lowest BCUT2D eigenvalue weighted by Gasteiger charge is -2.32. The van der Waals surface area contributed by atoms with Crippen molar-refractivity contribution in [2.24, 2.45) is 5.92 Å². The molecule has 0 saturated carbocycles. The van der Waals surface area contributed by atoms with E-state index in [2.05, 4.69) is 15.9 Å². The van der Waals surface area contributed by atoms with Gasteiger partial charge < -0.3 is 9.64 Å². The van der Waals surface area contributed by atoms with E-state index >= 15 is 0 Å². The topological polar surface area (TPSA) is 29.5 Å². The fraction of sp³-hybridized carbons (Fsp3) is 0.500. The first-order chi connectivity index (χ1) is 9.11. The Hall–Kier alpha value is -0.580. The fourth-order valence-corrected chi connectivity index (χ4v) is 2.93. The Morgan fingerprint density at radius 2 is 2.16 bits per heavy atom. The quantitative estimate of drug-likeness (QED) is 0.837. The van der Waals surface area contributed by atoms with Gasteiger partial charge in [-0.2, -0.15) is 0 Å². The third-order valence-electron chi connectivity index (χ3n) is 3.46. The van der Waals surface area contributed by atoms with Crippen molar-refractivity contribution in [1.29, 1.82) is 0 Å². The van der Waals surface area contributed by atoms with Gasteiger partial charge in [-0.25, -0.2) is 0 Å². The minimum Gasteiger partial charge on any atom is -0.384 e. The highest BCUT2D eigenvalue weighted by Gasteiger charge is 2.24. The van der Waals surface area contributed by atoms with Gasteiger partial charge in [0, 0.05) is 31.3 Å². The molecule has 0 N–H and O–H groups in total. The average Bonchev–Trinajstić information content (AvgIpc) is 2.42. The van der Waals surface area contributed by atoms with Gasteiger partial charge in [-0.3, -0.25) is 4.79 Å². The minimum atomic E-state index is 0.0159. The molecule has 1 aliphatic rings. The first-order valence-corrected chi connectivity index (χ1v) is 7.52. The van der Waals surface area contributed by atoms with Gasteiger partial charge in [0.1, 0.15) is 0 Å². The number of amides is 1. The van der Waals surface area contributed by atoms with Crippen molar-refractivity contribution in [2.45, 2.75) is 12.8 Å². The fourth-order valence-electron chi connectivity index (χ4n) is 2.37. The Balaban J connectivity index is 2.03. The number of piperidine rings is 1. The van der Waals surface area contributed by atoms with Crippen molar-refractivity contribution >= 4 is 33.4 Å². The highest BCUT2D eigenvalue weighted by atomic mass is 79.9. The van der Waals surface area contributed by atoms with E-state index in [0.29, 0.717) is 16.5 Å². The van der Waals surface area contributed by atoms with Crippen LogP contribution in [-0.2, 0) is 4.74 Å². The molecule has 0 aliphatic carbocycles. The molecular formula is C14H17BrClNO2. The maximum atomic E-state index is 12.4. The third-order valence-corrected chi connectivity index (χ3v) is 4.29. The van der Waals surface area contributed by atoms with Crippen molar-refractivity contribution in [3.8, 4) is 0 Å². The molecule has 1 aromatic rings. The molecule has 1 fully saturated rings. The van der Waals surface area contributed by atoms with Crippen LogP contribution in [0.3, 0.4) is 0 Å². The number of benzene rings is 1. The molecule has 0 aromatic heterocycles. The van der Waals surface area contributed by atoms with E-state index < -0.39 is 0 Å². The second kappa shape index (κ2) is 6.73. The zero-order valence-corrected chi connectivity index (χ0v) is 13.2. The lowest BCUT2D eigenvalue weighted by atomic mass is 9.97. The van der Waals surface area contributed by atoms with Gasteiger partial charge in [0.15, 0.2) is 0 Å². The molecule has 1 amide bonds. The summed E-state index contributed by atoms with van der Waals surface area (Å²) in [6.45, 7) is 2.32. The molecule has 1 saturated heterocycles. The summed E-state index contributed by atoms with van der Waals surface area (Å²) in [5, 5.41) is 0.507. The normalized spacial score (nSPS) is 16.7. The second-order valence-corrected chi connectivity index (χ2v) is 6.14. The number of methoxy groups -OCH3 is 1. The molecule has 3 nitrogen and oxygen atoms in total. The first kappa shape index (κ1) is 14.8. The summed E-state index contributed by atoms with van der Waals surface area (Å²) in [5.74, 6) is 0.578. The van der Waals surface area contributed by atoms with Crippen LogP contribution >= 0.6 is 27.5 Å². The standard InChI is InChI=1S/C14H17BrClNO2/c1-19-9-10-4-6-17(7-5-10)14(18)12-8-11(15)2-3-13(12)16/h2-3,8,10H,4-7,9H2,1H3. The summed E-state index contributed by atoms with van der Waals surface area (Å²) in [6.07, 6.45) is 1.98. The predicted octanol–water partition coefficient (Wildman–Crippen LogP) is 3.60. The number of likely N-dealkylation sites (tertiary alicyclic amines) is 1. The summed E-state index contributed by atoms with van der Waals surface area (Å²) in [5.41, 5.74) is 0.571. The van der Waals surface area contributed by atoms with Gasteiger partial charge >= 0.3 is 0 Å². The van der Waals surface area contributed by atoms with Gasteiger partial charge in [0.05, 0.1) is 10.6 Å². The van der Waals surface area contributed by atoms with E-state index in [0.717, 1.165) is 37.0 Å². The van der Waals surface area contributed by atoms with Gasteiger partial charge in [0.2, 0.25) is 0 Å². The number of carbonyl (C=O) groups excluding carboxylic acids is 1. The molecule has 5 heteroatoms. The number of carbonyl (C=O) groups is 1. The average molecular weight is 347 g/mol. The smallest absolute Gasteiger partial charge is 0.255 e. The summed E-state index contributed by atoms with van der Waals surface area (Å²) in [4.78, 5) is 14.3. The first-order valence-electron chi connectivity index (χ1n) is 6.35. The van der Waals surface area contributed by atoms with Crippen molar-refractivity contribution in [3.05, 3.63) is 33.3 Å². The van der Waals surface area contributed by atoms with E-state index in [1.54, 1.807) is 19.2 Å². The molecule has 2 rings (SSSR count). The van der Waals surface area contributed by atoms with Crippen molar-refractivity contribution in [2.75, 3.05) is 26.8 Å². The van der Waals surface area contributed by atoms with Crippen molar-refractivity contribution < 1.29 is 9.53 Å². The van der Waals surface area contributed by atoms with Crippen molar-refractivity contribution in [1.82, 2.24) is 4.90 Å². The third kappa shape index (κ3) is 3.71. The van der Waals surface area contributed by atoms with Crippen LogP contribution in [0.15, 0.2) is 22.7 Å². The minimum absolute atomic E-state index is 0.0159.